The van der Waals surface area contributed by atoms with Gasteiger partial charge in [-0.2, -0.15) is 18.3 Å². The lowest BCUT2D eigenvalue weighted by molar-refractivity contribution is -0.137. The molecule has 0 aliphatic carbocycles. The van der Waals surface area contributed by atoms with Crippen molar-refractivity contribution in [2.45, 2.75) is 25.1 Å². The molecule has 1 fully saturated rings. The maximum absolute atomic E-state index is 13.1. The first-order valence-electron chi connectivity index (χ1n) is 6.95. The van der Waals surface area contributed by atoms with E-state index in [1.807, 2.05) is 0 Å². The van der Waals surface area contributed by atoms with Crippen LogP contribution in [0.5, 0.6) is 0 Å². The van der Waals surface area contributed by atoms with Gasteiger partial charge in [-0.05, 0) is 25.5 Å². The first kappa shape index (κ1) is 14.8. The minimum absolute atomic E-state index is 0.109. The van der Waals surface area contributed by atoms with Gasteiger partial charge in [-0.15, -0.1) is 0 Å². The first-order valence-corrected chi connectivity index (χ1v) is 6.95. The molecule has 1 aliphatic heterocycles. The summed E-state index contributed by atoms with van der Waals surface area (Å²) in [6.07, 6.45) is -0.343. The number of hydrogen-bond acceptors (Lipinski definition) is 5. The third kappa shape index (κ3) is 3.19. The quantitative estimate of drug-likeness (QED) is 0.808. The Labute approximate surface area is 124 Å². The van der Waals surface area contributed by atoms with E-state index in [0.29, 0.717) is 0 Å². The zero-order valence-electron chi connectivity index (χ0n) is 11.6. The number of piperidine rings is 1. The number of aromatic amines is 1. The van der Waals surface area contributed by atoms with Crippen LogP contribution in [0.2, 0.25) is 0 Å². The Bertz CT molecular complexity index is 619. The van der Waals surface area contributed by atoms with E-state index in [-0.39, 0.29) is 23.4 Å². The van der Waals surface area contributed by atoms with E-state index in [4.69, 9.17) is 0 Å². The fraction of sp³-hybridized carbons (Fsp3) is 0.462. The molecule has 6 nitrogen and oxygen atoms in total. The molecule has 0 unspecified atom stereocenters. The molecule has 1 aliphatic rings. The monoisotopic (exact) mass is 312 g/mol. The first-order chi connectivity index (χ1) is 10.5. The Morgan fingerprint density at radius 2 is 2.18 bits per heavy atom. The lowest BCUT2D eigenvalue weighted by atomic mass is 10.1. The molecular weight excluding hydrogens is 297 g/mol. The van der Waals surface area contributed by atoms with Gasteiger partial charge in [-0.1, -0.05) is 0 Å². The molecule has 3 heterocycles. The number of nitrogens with one attached hydrogen (secondary N) is 3. The standard InChI is InChI=1S/C13H15F3N6/c14-13(15,16)9-7-18-12(20-8-2-1-4-17-6-8)21-11(9)10-3-5-19-22-10/h3,5,7-8,17H,1-2,4,6H2,(H,19,22)(H,18,20,21)/t8-/m0/s1. The molecule has 0 spiro atoms. The molecule has 3 N–H and O–H groups in total. The fourth-order valence-corrected chi connectivity index (χ4v) is 2.40. The van der Waals surface area contributed by atoms with Crippen LogP contribution < -0.4 is 10.6 Å². The Balaban J connectivity index is 1.92. The van der Waals surface area contributed by atoms with Crippen molar-refractivity contribution in [2.75, 3.05) is 18.4 Å². The van der Waals surface area contributed by atoms with Gasteiger partial charge in [0.1, 0.15) is 17.0 Å². The van der Waals surface area contributed by atoms with Crippen LogP contribution in [0, 0.1) is 0 Å². The molecule has 9 heteroatoms. The topological polar surface area (TPSA) is 78.5 Å². The van der Waals surface area contributed by atoms with Crippen molar-refractivity contribution in [1.82, 2.24) is 25.5 Å². The highest BCUT2D eigenvalue weighted by Crippen LogP contribution is 2.35. The second-order valence-electron chi connectivity index (χ2n) is 5.10. The molecule has 0 bridgehead atoms. The van der Waals surface area contributed by atoms with Gasteiger partial charge in [-0.25, -0.2) is 9.97 Å². The third-order valence-corrected chi connectivity index (χ3v) is 3.47. The molecule has 0 aromatic carbocycles. The lowest BCUT2D eigenvalue weighted by Crippen LogP contribution is -2.38. The minimum atomic E-state index is -4.53. The van der Waals surface area contributed by atoms with Crippen molar-refractivity contribution in [3.05, 3.63) is 24.0 Å². The number of H-pyrrole nitrogens is 1. The average Bonchev–Trinajstić information content (AvgIpc) is 3.01. The molecule has 0 saturated carbocycles. The van der Waals surface area contributed by atoms with Crippen LogP contribution in [0.4, 0.5) is 19.1 Å². The molecule has 0 radical (unpaired) electrons. The van der Waals surface area contributed by atoms with E-state index in [1.165, 1.54) is 12.3 Å². The molecule has 0 amide bonds. The zero-order valence-corrected chi connectivity index (χ0v) is 11.6. The zero-order chi connectivity index (χ0) is 15.6. The summed E-state index contributed by atoms with van der Waals surface area (Å²) in [5.41, 5.74) is -0.985. The van der Waals surface area contributed by atoms with Crippen molar-refractivity contribution in [3.8, 4) is 11.4 Å². The smallest absolute Gasteiger partial charge is 0.350 e. The summed E-state index contributed by atoms with van der Waals surface area (Å²) in [6.45, 7) is 1.69. The van der Waals surface area contributed by atoms with Crippen molar-refractivity contribution in [2.24, 2.45) is 0 Å². The number of halogens is 3. The molecule has 22 heavy (non-hydrogen) atoms. The third-order valence-electron chi connectivity index (χ3n) is 3.47. The summed E-state index contributed by atoms with van der Waals surface area (Å²) >= 11 is 0. The Morgan fingerprint density at radius 1 is 1.32 bits per heavy atom. The molecular formula is C13H15F3N6. The second-order valence-corrected chi connectivity index (χ2v) is 5.10. The van der Waals surface area contributed by atoms with Crippen LogP contribution in [0.15, 0.2) is 18.5 Å². The highest BCUT2D eigenvalue weighted by Gasteiger charge is 2.36. The Morgan fingerprint density at radius 3 is 2.82 bits per heavy atom. The van der Waals surface area contributed by atoms with Crippen molar-refractivity contribution in [1.29, 1.82) is 0 Å². The summed E-state index contributed by atoms with van der Waals surface area (Å²) in [5.74, 6) is 0.180. The number of nitrogens with zero attached hydrogens (tertiary/aromatic N) is 3. The summed E-state index contributed by atoms with van der Waals surface area (Å²) < 4.78 is 39.2. The summed E-state index contributed by atoms with van der Waals surface area (Å²) in [4.78, 5) is 7.83. The van der Waals surface area contributed by atoms with E-state index in [2.05, 4.69) is 30.8 Å². The average molecular weight is 312 g/mol. The molecule has 2 aromatic heterocycles. The predicted octanol–water partition coefficient (Wildman–Crippen LogP) is 2.05. The van der Waals surface area contributed by atoms with Gasteiger partial charge in [0.25, 0.3) is 0 Å². The van der Waals surface area contributed by atoms with Crippen LogP contribution in [0.3, 0.4) is 0 Å². The summed E-state index contributed by atoms with van der Waals surface area (Å²) in [5, 5.41) is 12.6. The fourth-order valence-electron chi connectivity index (χ4n) is 2.40. The van der Waals surface area contributed by atoms with Gasteiger partial charge in [0, 0.05) is 25.0 Å². The number of anilines is 1. The van der Waals surface area contributed by atoms with Gasteiger partial charge < -0.3 is 10.6 Å². The number of rotatable bonds is 3. The normalized spacial score (nSPS) is 19.1. The predicted molar refractivity (Wildman–Crippen MR) is 74.1 cm³/mol. The SMILES string of the molecule is FC(F)(F)c1cnc(N[C@H]2CCCNC2)nc1-c1cc[nH]n1. The number of alkyl halides is 3. The van der Waals surface area contributed by atoms with E-state index >= 15 is 0 Å². The Hall–Kier alpha value is -2.16. The minimum Gasteiger partial charge on any atom is -0.350 e. The van der Waals surface area contributed by atoms with Crippen LogP contribution >= 0.6 is 0 Å². The van der Waals surface area contributed by atoms with Crippen LogP contribution in [-0.2, 0) is 6.18 Å². The van der Waals surface area contributed by atoms with Crippen LogP contribution in [0.25, 0.3) is 11.4 Å². The molecule has 1 atom stereocenters. The lowest BCUT2D eigenvalue weighted by Gasteiger charge is -2.24. The van der Waals surface area contributed by atoms with Crippen LogP contribution in [0.1, 0.15) is 18.4 Å². The maximum Gasteiger partial charge on any atom is 0.420 e. The maximum atomic E-state index is 13.1. The Kier molecular flexibility index (Phi) is 3.97. The second kappa shape index (κ2) is 5.91. The van der Waals surface area contributed by atoms with Crippen LogP contribution in [-0.4, -0.2) is 39.3 Å². The molecule has 3 rings (SSSR count). The molecule has 2 aromatic rings. The van der Waals surface area contributed by atoms with E-state index in [9.17, 15) is 13.2 Å². The van der Waals surface area contributed by atoms with E-state index in [1.54, 1.807) is 0 Å². The summed E-state index contributed by atoms with van der Waals surface area (Å²) in [7, 11) is 0. The van der Waals surface area contributed by atoms with E-state index < -0.39 is 11.7 Å². The number of aromatic nitrogens is 4. The van der Waals surface area contributed by atoms with Gasteiger partial charge in [-0.3, -0.25) is 5.10 Å². The molecule has 1 saturated heterocycles. The molecule has 118 valence electrons. The number of hydrogen-bond donors (Lipinski definition) is 3. The highest BCUT2D eigenvalue weighted by atomic mass is 19.4. The largest absolute Gasteiger partial charge is 0.420 e. The van der Waals surface area contributed by atoms with Gasteiger partial charge in [0.05, 0.1) is 0 Å². The summed E-state index contributed by atoms with van der Waals surface area (Å²) in [6, 6.07) is 1.56. The van der Waals surface area contributed by atoms with Gasteiger partial charge in [0.15, 0.2) is 0 Å². The van der Waals surface area contributed by atoms with Gasteiger partial charge >= 0.3 is 6.18 Å². The van der Waals surface area contributed by atoms with Crippen molar-refractivity contribution in [3.63, 3.8) is 0 Å². The highest BCUT2D eigenvalue weighted by molar-refractivity contribution is 5.60. The van der Waals surface area contributed by atoms with Crippen molar-refractivity contribution < 1.29 is 13.2 Å². The van der Waals surface area contributed by atoms with Crippen molar-refractivity contribution >= 4 is 5.95 Å². The van der Waals surface area contributed by atoms with E-state index in [0.717, 1.165) is 32.1 Å². The van der Waals surface area contributed by atoms with Gasteiger partial charge in [0.2, 0.25) is 5.95 Å².